The molecule has 1 nitrogen and oxygen atoms in total. The number of halogens is 1. The van der Waals surface area contributed by atoms with Crippen LogP contribution >= 0.6 is 0 Å². The highest BCUT2D eigenvalue weighted by Crippen LogP contribution is 2.29. The van der Waals surface area contributed by atoms with Crippen LogP contribution in [0.1, 0.15) is 11.1 Å². The van der Waals surface area contributed by atoms with E-state index in [-0.39, 0.29) is 5.82 Å². The Morgan fingerprint density at radius 2 is 1.52 bits per heavy atom. The predicted molar refractivity (Wildman–Crippen MR) is 92.0 cm³/mol. The first-order valence-electron chi connectivity index (χ1n) is 7.70. The Kier molecular flexibility index (Phi) is 3.43. The van der Waals surface area contributed by atoms with Crippen LogP contribution in [0.25, 0.3) is 16.8 Å². The molecule has 0 spiro atoms. The lowest BCUT2D eigenvalue weighted by atomic mass is 10.0. The zero-order chi connectivity index (χ0) is 15.6. The number of aromatic nitrogens is 1. The molecule has 2 aromatic heterocycles. The molecule has 4 rings (SSSR count). The van der Waals surface area contributed by atoms with Crippen LogP contribution in [0.15, 0.2) is 85.1 Å². The first-order valence-corrected chi connectivity index (χ1v) is 7.70. The van der Waals surface area contributed by atoms with E-state index in [2.05, 4.69) is 47.0 Å². The lowest BCUT2D eigenvalue weighted by molar-refractivity contribution is 0.627. The lowest BCUT2D eigenvalue weighted by Gasteiger charge is -2.07. The number of hydrogen-bond acceptors (Lipinski definition) is 0. The Hall–Kier alpha value is -2.87. The highest BCUT2D eigenvalue weighted by Gasteiger charge is 2.12. The summed E-state index contributed by atoms with van der Waals surface area (Å²) in [6, 6.07) is 25.6. The molecule has 0 aliphatic carbocycles. The molecule has 23 heavy (non-hydrogen) atoms. The average molecular weight is 301 g/mol. The van der Waals surface area contributed by atoms with Crippen LogP contribution in [-0.2, 0) is 6.42 Å². The highest BCUT2D eigenvalue weighted by atomic mass is 19.1. The maximum Gasteiger partial charge on any atom is 0.123 e. The quantitative estimate of drug-likeness (QED) is 0.481. The van der Waals surface area contributed by atoms with Crippen LogP contribution in [0.5, 0.6) is 0 Å². The normalized spacial score (nSPS) is 11.0. The van der Waals surface area contributed by atoms with Crippen molar-refractivity contribution in [3.63, 3.8) is 0 Å². The fourth-order valence-corrected chi connectivity index (χ4v) is 3.06. The van der Waals surface area contributed by atoms with Gasteiger partial charge in [-0.05, 0) is 53.4 Å². The van der Waals surface area contributed by atoms with Gasteiger partial charge in [-0.25, -0.2) is 4.39 Å². The van der Waals surface area contributed by atoms with Crippen molar-refractivity contribution >= 4 is 5.52 Å². The molecule has 0 N–H and O–H groups in total. The van der Waals surface area contributed by atoms with Crippen LogP contribution in [-0.4, -0.2) is 4.40 Å². The molecule has 4 aromatic rings. The first kappa shape index (κ1) is 13.8. The molecule has 2 heteroatoms. The molecule has 0 fully saturated rings. The Balaban J connectivity index is 1.87. The molecular formula is C21H16FN. The molecule has 2 heterocycles. The van der Waals surface area contributed by atoms with Crippen LogP contribution in [0.2, 0.25) is 0 Å². The van der Waals surface area contributed by atoms with Gasteiger partial charge in [0.25, 0.3) is 0 Å². The second kappa shape index (κ2) is 5.73. The summed E-state index contributed by atoms with van der Waals surface area (Å²) >= 11 is 0. The summed E-state index contributed by atoms with van der Waals surface area (Å²) in [6.07, 6.45) is 2.87. The molecule has 0 radical (unpaired) electrons. The van der Waals surface area contributed by atoms with Gasteiger partial charge in [-0.1, -0.05) is 48.5 Å². The fourth-order valence-electron chi connectivity index (χ4n) is 3.06. The molecule has 0 unspecified atom stereocenters. The van der Waals surface area contributed by atoms with Crippen molar-refractivity contribution in [1.29, 1.82) is 0 Å². The standard InChI is InChI=1S/C21H16FN/c22-19-11-9-16(10-12-19)14-18-15-20-8-4-5-13-23(20)21(18)17-6-2-1-3-7-17/h1-13,15H,14H2. The van der Waals surface area contributed by atoms with Crippen LogP contribution in [0, 0.1) is 5.82 Å². The predicted octanol–water partition coefficient (Wildman–Crippen LogP) is 5.34. The van der Waals surface area contributed by atoms with E-state index in [1.807, 2.05) is 30.3 Å². The van der Waals surface area contributed by atoms with Gasteiger partial charge in [-0.2, -0.15) is 0 Å². The molecule has 112 valence electrons. The zero-order valence-corrected chi connectivity index (χ0v) is 12.6. The van der Waals surface area contributed by atoms with Gasteiger partial charge in [0.1, 0.15) is 5.82 Å². The highest BCUT2D eigenvalue weighted by molar-refractivity contribution is 5.72. The van der Waals surface area contributed by atoms with Gasteiger partial charge in [0, 0.05) is 11.7 Å². The summed E-state index contributed by atoms with van der Waals surface area (Å²) < 4.78 is 15.3. The number of benzene rings is 2. The van der Waals surface area contributed by atoms with E-state index >= 15 is 0 Å². The van der Waals surface area contributed by atoms with Crippen molar-refractivity contribution in [2.24, 2.45) is 0 Å². The van der Waals surface area contributed by atoms with E-state index < -0.39 is 0 Å². The van der Waals surface area contributed by atoms with E-state index in [1.54, 1.807) is 0 Å². The average Bonchev–Trinajstić information content (AvgIpc) is 2.95. The molecule has 0 saturated carbocycles. The van der Waals surface area contributed by atoms with Gasteiger partial charge < -0.3 is 4.40 Å². The summed E-state index contributed by atoms with van der Waals surface area (Å²) in [5, 5.41) is 0. The van der Waals surface area contributed by atoms with Gasteiger partial charge >= 0.3 is 0 Å². The fraction of sp³-hybridized carbons (Fsp3) is 0.0476. The third-order valence-corrected chi connectivity index (χ3v) is 4.11. The lowest BCUT2D eigenvalue weighted by Crippen LogP contribution is -1.93. The summed E-state index contributed by atoms with van der Waals surface area (Å²) in [4.78, 5) is 0. The van der Waals surface area contributed by atoms with Gasteiger partial charge in [0.05, 0.1) is 5.69 Å². The van der Waals surface area contributed by atoms with E-state index in [0.29, 0.717) is 0 Å². The number of rotatable bonds is 3. The summed E-state index contributed by atoms with van der Waals surface area (Å²) in [5.74, 6) is -0.195. The smallest absolute Gasteiger partial charge is 0.123 e. The maximum atomic E-state index is 13.1. The molecule has 0 aliphatic rings. The van der Waals surface area contributed by atoms with Gasteiger partial charge in [0.15, 0.2) is 0 Å². The van der Waals surface area contributed by atoms with Gasteiger partial charge in [0.2, 0.25) is 0 Å². The van der Waals surface area contributed by atoms with E-state index in [1.165, 1.54) is 34.5 Å². The number of hydrogen-bond donors (Lipinski definition) is 0. The van der Waals surface area contributed by atoms with Crippen LogP contribution < -0.4 is 0 Å². The summed E-state index contributed by atoms with van der Waals surface area (Å²) in [5.41, 5.74) is 5.92. The van der Waals surface area contributed by atoms with Crippen molar-refractivity contribution in [2.75, 3.05) is 0 Å². The van der Waals surface area contributed by atoms with E-state index in [0.717, 1.165) is 12.0 Å². The Morgan fingerprint density at radius 3 is 2.30 bits per heavy atom. The Morgan fingerprint density at radius 1 is 0.783 bits per heavy atom. The minimum atomic E-state index is -0.195. The van der Waals surface area contributed by atoms with Crippen LogP contribution in [0.3, 0.4) is 0 Å². The van der Waals surface area contributed by atoms with E-state index in [9.17, 15) is 4.39 Å². The molecule has 0 atom stereocenters. The second-order valence-electron chi connectivity index (χ2n) is 5.68. The van der Waals surface area contributed by atoms with Crippen molar-refractivity contribution in [2.45, 2.75) is 6.42 Å². The summed E-state index contributed by atoms with van der Waals surface area (Å²) in [7, 11) is 0. The molecule has 0 amide bonds. The van der Waals surface area contributed by atoms with E-state index in [4.69, 9.17) is 0 Å². The third-order valence-electron chi connectivity index (χ3n) is 4.11. The largest absolute Gasteiger partial charge is 0.316 e. The minimum absolute atomic E-state index is 0.195. The van der Waals surface area contributed by atoms with Crippen molar-refractivity contribution in [3.05, 3.63) is 102 Å². The molecule has 0 bridgehead atoms. The number of fused-ring (bicyclic) bond motifs is 1. The second-order valence-corrected chi connectivity index (χ2v) is 5.68. The van der Waals surface area contributed by atoms with Crippen LogP contribution in [0.4, 0.5) is 4.39 Å². The zero-order valence-electron chi connectivity index (χ0n) is 12.6. The van der Waals surface area contributed by atoms with Crippen molar-refractivity contribution in [3.8, 4) is 11.3 Å². The Bertz CT molecular complexity index is 937. The van der Waals surface area contributed by atoms with Gasteiger partial charge in [-0.15, -0.1) is 0 Å². The number of nitrogens with zero attached hydrogens (tertiary/aromatic N) is 1. The molecular weight excluding hydrogens is 285 g/mol. The molecule has 0 saturated heterocycles. The molecule has 0 aliphatic heterocycles. The Labute approximate surface area is 134 Å². The first-order chi connectivity index (χ1) is 11.3. The topological polar surface area (TPSA) is 4.41 Å². The third kappa shape index (κ3) is 2.64. The SMILES string of the molecule is Fc1ccc(Cc2cc3ccccn3c2-c2ccccc2)cc1. The van der Waals surface area contributed by atoms with Crippen molar-refractivity contribution in [1.82, 2.24) is 4.40 Å². The maximum absolute atomic E-state index is 13.1. The monoisotopic (exact) mass is 301 g/mol. The minimum Gasteiger partial charge on any atom is -0.316 e. The number of pyridine rings is 1. The summed E-state index contributed by atoms with van der Waals surface area (Å²) in [6.45, 7) is 0. The van der Waals surface area contributed by atoms with Gasteiger partial charge in [-0.3, -0.25) is 0 Å². The molecule has 2 aromatic carbocycles. The van der Waals surface area contributed by atoms with Crippen molar-refractivity contribution < 1.29 is 4.39 Å².